The minimum Gasteiger partial charge on any atom is -0.354 e. The van der Waals surface area contributed by atoms with E-state index in [1.807, 2.05) is 18.7 Å². The highest BCUT2D eigenvalue weighted by Crippen LogP contribution is 2.28. The summed E-state index contributed by atoms with van der Waals surface area (Å²) in [4.78, 5) is 12.5. The highest BCUT2D eigenvalue weighted by atomic mass is 35.5. The Bertz CT molecular complexity index is 409. The number of aromatic nitrogens is 3. The summed E-state index contributed by atoms with van der Waals surface area (Å²) in [5.41, 5.74) is 0. The average Bonchev–Trinajstić information content (AvgIpc) is 2.39. The number of halogens is 1. The Balaban J connectivity index is 1.95. The summed E-state index contributed by atoms with van der Waals surface area (Å²) in [6.45, 7) is 2.76. The van der Waals surface area contributed by atoms with Gasteiger partial charge in [-0.15, -0.1) is 0 Å². The standard InChI is InChI=1S/C12H20ClN5S/c1-3-14-11-16-10(13)17-12(18-11)15-8-4-6-9(19-2)7-5-8/h8-9H,3-7H2,1-2H3,(H2,14,15,16,17,18). The van der Waals surface area contributed by atoms with Crippen molar-refractivity contribution < 1.29 is 0 Å². The molecule has 0 bridgehead atoms. The van der Waals surface area contributed by atoms with Crippen LogP contribution in [0.3, 0.4) is 0 Å². The van der Waals surface area contributed by atoms with E-state index in [0.717, 1.165) is 24.6 Å². The second kappa shape index (κ2) is 7.14. The first kappa shape index (κ1) is 14.7. The fourth-order valence-electron chi connectivity index (χ4n) is 2.28. The summed E-state index contributed by atoms with van der Waals surface area (Å²) in [5.74, 6) is 1.10. The lowest BCUT2D eigenvalue weighted by molar-refractivity contribution is 0.471. The lowest BCUT2D eigenvalue weighted by atomic mass is 9.95. The molecular formula is C12H20ClN5S. The molecule has 5 nitrogen and oxygen atoms in total. The van der Waals surface area contributed by atoms with Gasteiger partial charge in [0, 0.05) is 17.8 Å². The predicted molar refractivity (Wildman–Crippen MR) is 82.2 cm³/mol. The van der Waals surface area contributed by atoms with E-state index in [9.17, 15) is 0 Å². The number of rotatable bonds is 5. The van der Waals surface area contributed by atoms with Crippen LogP contribution in [0, 0.1) is 0 Å². The molecule has 1 aliphatic rings. The van der Waals surface area contributed by atoms with Crippen LogP contribution in [0.1, 0.15) is 32.6 Å². The van der Waals surface area contributed by atoms with Crippen LogP contribution < -0.4 is 10.6 Å². The van der Waals surface area contributed by atoms with Gasteiger partial charge in [-0.25, -0.2) is 0 Å². The van der Waals surface area contributed by atoms with Gasteiger partial charge in [-0.3, -0.25) is 0 Å². The quantitative estimate of drug-likeness (QED) is 0.871. The minimum atomic E-state index is 0.228. The molecule has 1 aromatic rings. The summed E-state index contributed by atoms with van der Waals surface area (Å²) in [6.07, 6.45) is 7.00. The third-order valence-electron chi connectivity index (χ3n) is 3.28. The first-order chi connectivity index (χ1) is 9.21. The van der Waals surface area contributed by atoms with Gasteiger partial charge < -0.3 is 10.6 Å². The Morgan fingerprint density at radius 3 is 2.47 bits per heavy atom. The van der Waals surface area contributed by atoms with Crippen molar-refractivity contribution in [1.82, 2.24) is 15.0 Å². The molecule has 0 aromatic carbocycles. The molecular weight excluding hydrogens is 282 g/mol. The topological polar surface area (TPSA) is 62.7 Å². The Hall–Kier alpha value is -0.750. The first-order valence-corrected chi connectivity index (χ1v) is 8.32. The van der Waals surface area contributed by atoms with Crippen molar-refractivity contribution in [1.29, 1.82) is 0 Å². The van der Waals surface area contributed by atoms with E-state index < -0.39 is 0 Å². The van der Waals surface area contributed by atoms with Crippen molar-refractivity contribution >= 4 is 35.3 Å². The second-order valence-corrected chi connectivity index (χ2v) is 6.11. The molecule has 1 aromatic heterocycles. The van der Waals surface area contributed by atoms with Crippen molar-refractivity contribution in [3.8, 4) is 0 Å². The molecule has 2 N–H and O–H groups in total. The highest BCUT2D eigenvalue weighted by Gasteiger charge is 2.21. The van der Waals surface area contributed by atoms with Crippen molar-refractivity contribution in [2.24, 2.45) is 0 Å². The Labute approximate surface area is 123 Å². The summed E-state index contributed by atoms with van der Waals surface area (Å²) < 4.78 is 0. The van der Waals surface area contributed by atoms with E-state index in [2.05, 4.69) is 31.8 Å². The molecule has 1 heterocycles. The van der Waals surface area contributed by atoms with Crippen LogP contribution in [-0.4, -0.2) is 39.0 Å². The lowest BCUT2D eigenvalue weighted by Gasteiger charge is -2.28. The van der Waals surface area contributed by atoms with Gasteiger partial charge in [-0.2, -0.15) is 26.7 Å². The van der Waals surface area contributed by atoms with Gasteiger partial charge in [0.2, 0.25) is 17.2 Å². The van der Waals surface area contributed by atoms with Crippen molar-refractivity contribution in [2.75, 3.05) is 23.4 Å². The van der Waals surface area contributed by atoms with E-state index in [0.29, 0.717) is 17.9 Å². The molecule has 0 spiro atoms. The molecule has 0 amide bonds. The van der Waals surface area contributed by atoms with Crippen LogP contribution >= 0.6 is 23.4 Å². The number of hydrogen-bond donors (Lipinski definition) is 2. The molecule has 2 rings (SSSR count). The maximum Gasteiger partial charge on any atom is 0.229 e. The summed E-state index contributed by atoms with van der Waals surface area (Å²) >= 11 is 7.87. The molecule has 19 heavy (non-hydrogen) atoms. The van der Waals surface area contributed by atoms with Gasteiger partial charge >= 0.3 is 0 Å². The van der Waals surface area contributed by atoms with Crippen molar-refractivity contribution in [2.45, 2.75) is 43.9 Å². The molecule has 0 atom stereocenters. The van der Waals surface area contributed by atoms with Gasteiger partial charge in [0.1, 0.15) is 0 Å². The van der Waals surface area contributed by atoms with Crippen LogP contribution in [0.5, 0.6) is 0 Å². The SMILES string of the molecule is CCNc1nc(Cl)nc(NC2CCC(SC)CC2)n1. The number of thioether (sulfide) groups is 1. The molecule has 1 saturated carbocycles. The highest BCUT2D eigenvalue weighted by molar-refractivity contribution is 7.99. The van der Waals surface area contributed by atoms with Crippen LogP contribution in [0.4, 0.5) is 11.9 Å². The smallest absolute Gasteiger partial charge is 0.229 e. The van der Waals surface area contributed by atoms with E-state index in [1.54, 1.807) is 0 Å². The van der Waals surface area contributed by atoms with Gasteiger partial charge in [-0.05, 0) is 50.5 Å². The van der Waals surface area contributed by atoms with Crippen LogP contribution in [0.25, 0.3) is 0 Å². The Morgan fingerprint density at radius 2 is 1.84 bits per heavy atom. The monoisotopic (exact) mass is 301 g/mol. The van der Waals surface area contributed by atoms with E-state index in [1.165, 1.54) is 12.8 Å². The molecule has 1 fully saturated rings. The summed E-state index contributed by atoms with van der Waals surface area (Å²) in [5, 5.41) is 7.45. The fraction of sp³-hybridized carbons (Fsp3) is 0.750. The lowest BCUT2D eigenvalue weighted by Crippen LogP contribution is -2.28. The second-order valence-electron chi connectivity index (χ2n) is 4.64. The van der Waals surface area contributed by atoms with E-state index >= 15 is 0 Å². The fourth-order valence-corrected chi connectivity index (χ4v) is 3.18. The largest absolute Gasteiger partial charge is 0.354 e. The summed E-state index contributed by atoms with van der Waals surface area (Å²) in [7, 11) is 0. The summed E-state index contributed by atoms with van der Waals surface area (Å²) in [6, 6.07) is 0.441. The maximum atomic E-state index is 5.90. The van der Waals surface area contributed by atoms with E-state index in [-0.39, 0.29) is 5.28 Å². The third-order valence-corrected chi connectivity index (χ3v) is 4.59. The van der Waals surface area contributed by atoms with Gasteiger partial charge in [0.05, 0.1) is 0 Å². The Morgan fingerprint density at radius 1 is 1.16 bits per heavy atom. The van der Waals surface area contributed by atoms with Crippen LogP contribution in [0.15, 0.2) is 0 Å². The molecule has 0 saturated heterocycles. The number of anilines is 2. The number of hydrogen-bond acceptors (Lipinski definition) is 6. The molecule has 0 radical (unpaired) electrons. The first-order valence-electron chi connectivity index (χ1n) is 6.66. The molecule has 7 heteroatoms. The zero-order valence-electron chi connectivity index (χ0n) is 11.3. The third kappa shape index (κ3) is 4.38. The maximum absolute atomic E-state index is 5.90. The van der Waals surface area contributed by atoms with E-state index in [4.69, 9.17) is 11.6 Å². The minimum absolute atomic E-state index is 0.228. The number of nitrogens with zero attached hydrogens (tertiary/aromatic N) is 3. The van der Waals surface area contributed by atoms with Crippen molar-refractivity contribution in [3.63, 3.8) is 0 Å². The van der Waals surface area contributed by atoms with Crippen molar-refractivity contribution in [3.05, 3.63) is 5.28 Å². The normalized spacial score (nSPS) is 23.1. The Kier molecular flexibility index (Phi) is 5.51. The van der Waals surface area contributed by atoms with Gasteiger partial charge in [0.25, 0.3) is 0 Å². The van der Waals surface area contributed by atoms with Gasteiger partial charge in [0.15, 0.2) is 0 Å². The zero-order chi connectivity index (χ0) is 13.7. The molecule has 1 aliphatic carbocycles. The average molecular weight is 302 g/mol. The predicted octanol–water partition coefficient (Wildman–Crippen LogP) is 3.04. The van der Waals surface area contributed by atoms with Gasteiger partial charge in [-0.1, -0.05) is 0 Å². The molecule has 0 aliphatic heterocycles. The van der Waals surface area contributed by atoms with Crippen LogP contribution in [0.2, 0.25) is 5.28 Å². The van der Waals surface area contributed by atoms with Crippen LogP contribution in [-0.2, 0) is 0 Å². The molecule has 0 unspecified atom stereocenters. The zero-order valence-corrected chi connectivity index (χ0v) is 12.9. The number of nitrogens with one attached hydrogen (secondary N) is 2. The molecule has 106 valence electrons.